The Morgan fingerprint density at radius 2 is 1.54 bits per heavy atom. The molecular formula is C18H24F2INO4. The van der Waals surface area contributed by atoms with Gasteiger partial charge in [-0.1, -0.05) is 0 Å². The van der Waals surface area contributed by atoms with Gasteiger partial charge in [0, 0.05) is 9.99 Å². The summed E-state index contributed by atoms with van der Waals surface area (Å²) < 4.78 is 37.8. The van der Waals surface area contributed by atoms with Crippen molar-refractivity contribution in [1.82, 2.24) is 5.32 Å². The minimum atomic E-state index is -1.11. The summed E-state index contributed by atoms with van der Waals surface area (Å²) in [7, 11) is 0. The van der Waals surface area contributed by atoms with Crippen LogP contribution in [0, 0.1) is 15.2 Å². The molecule has 146 valence electrons. The predicted molar refractivity (Wildman–Crippen MR) is 102 cm³/mol. The molecule has 0 radical (unpaired) electrons. The molecule has 8 heteroatoms. The third-order valence-electron chi connectivity index (χ3n) is 2.90. The van der Waals surface area contributed by atoms with Crippen LogP contribution < -0.4 is 5.32 Å². The van der Waals surface area contributed by atoms with E-state index in [4.69, 9.17) is 9.47 Å². The number of hydrogen-bond donors (Lipinski definition) is 1. The smallest absolute Gasteiger partial charge is 0.408 e. The molecule has 1 rings (SSSR count). The Bertz CT molecular complexity index is 681. The summed E-state index contributed by atoms with van der Waals surface area (Å²) in [5, 5.41) is 2.45. The average Bonchev–Trinajstić information content (AvgIpc) is 2.39. The zero-order chi connectivity index (χ0) is 20.3. The van der Waals surface area contributed by atoms with Crippen molar-refractivity contribution in [3.8, 4) is 0 Å². The summed E-state index contributed by atoms with van der Waals surface area (Å²) in [6.07, 6.45) is -0.866. The maximum Gasteiger partial charge on any atom is 0.408 e. The maximum absolute atomic E-state index is 13.6. The zero-order valence-corrected chi connectivity index (χ0v) is 17.9. The lowest BCUT2D eigenvalue weighted by atomic mass is 10.1. The van der Waals surface area contributed by atoms with Crippen molar-refractivity contribution < 1.29 is 27.8 Å². The van der Waals surface area contributed by atoms with E-state index in [1.165, 1.54) is 0 Å². The number of alkyl carbamates (subject to hydrolysis) is 1. The van der Waals surface area contributed by atoms with Crippen molar-refractivity contribution in [2.75, 3.05) is 0 Å². The van der Waals surface area contributed by atoms with Crippen LogP contribution in [0.4, 0.5) is 13.6 Å². The molecule has 0 aliphatic rings. The second kappa shape index (κ2) is 8.49. The van der Waals surface area contributed by atoms with Crippen LogP contribution in [0.25, 0.3) is 0 Å². The highest BCUT2D eigenvalue weighted by atomic mass is 127. The summed E-state index contributed by atoms with van der Waals surface area (Å²) in [4.78, 5) is 24.5. The molecule has 5 nitrogen and oxygen atoms in total. The Morgan fingerprint density at radius 1 is 1.04 bits per heavy atom. The van der Waals surface area contributed by atoms with Gasteiger partial charge in [0.25, 0.3) is 0 Å². The van der Waals surface area contributed by atoms with Gasteiger partial charge in [-0.05, 0) is 81.8 Å². The Hall–Kier alpha value is -1.45. The molecule has 0 fully saturated rings. The first-order valence-electron chi connectivity index (χ1n) is 8.04. The predicted octanol–water partition coefficient (Wildman–Crippen LogP) is 4.35. The standard InChI is InChI=1S/C18H24F2INO4/c1-17(2,3)25-15(23)14(22-16(24)26-18(4,5)6)8-10-7-11(19)12(20)9-13(10)21/h7,9,14H,8H2,1-6H3,(H,22,24). The third-order valence-corrected chi connectivity index (χ3v) is 3.90. The molecule has 0 spiro atoms. The van der Waals surface area contributed by atoms with Gasteiger partial charge in [0.1, 0.15) is 17.2 Å². The molecule has 0 aliphatic heterocycles. The molecule has 0 aliphatic carbocycles. The van der Waals surface area contributed by atoms with Gasteiger partial charge in [0.2, 0.25) is 0 Å². The molecule has 1 unspecified atom stereocenters. The molecule has 0 aromatic heterocycles. The molecular weight excluding hydrogens is 459 g/mol. The number of hydrogen-bond acceptors (Lipinski definition) is 4. The van der Waals surface area contributed by atoms with E-state index in [9.17, 15) is 18.4 Å². The molecule has 1 N–H and O–H groups in total. The Balaban J connectivity index is 3.06. The second-order valence-electron chi connectivity index (χ2n) is 7.79. The minimum absolute atomic E-state index is 0.0658. The number of benzene rings is 1. The SMILES string of the molecule is CC(C)(C)OC(=O)NC(Cc1cc(F)c(F)cc1I)C(=O)OC(C)(C)C. The van der Waals surface area contributed by atoms with E-state index in [0.29, 0.717) is 9.13 Å². The van der Waals surface area contributed by atoms with Gasteiger partial charge in [-0.3, -0.25) is 0 Å². The fourth-order valence-corrected chi connectivity index (χ4v) is 2.61. The molecule has 1 aromatic rings. The van der Waals surface area contributed by atoms with Crippen molar-refractivity contribution in [1.29, 1.82) is 0 Å². The van der Waals surface area contributed by atoms with Crippen LogP contribution in [-0.4, -0.2) is 29.3 Å². The molecule has 26 heavy (non-hydrogen) atoms. The number of ether oxygens (including phenoxy) is 2. The van der Waals surface area contributed by atoms with Crippen LogP contribution in [0.3, 0.4) is 0 Å². The summed E-state index contributed by atoms with van der Waals surface area (Å²) in [5.74, 6) is -2.70. The Morgan fingerprint density at radius 3 is 2.04 bits per heavy atom. The summed E-state index contributed by atoms with van der Waals surface area (Å²) in [5.41, 5.74) is -1.15. The van der Waals surface area contributed by atoms with Crippen molar-refractivity contribution in [3.63, 3.8) is 0 Å². The van der Waals surface area contributed by atoms with E-state index in [0.717, 1.165) is 12.1 Å². The molecule has 0 heterocycles. The largest absolute Gasteiger partial charge is 0.458 e. The van der Waals surface area contributed by atoms with Gasteiger partial charge < -0.3 is 14.8 Å². The van der Waals surface area contributed by atoms with Crippen molar-refractivity contribution in [3.05, 3.63) is 32.9 Å². The number of nitrogens with one attached hydrogen (secondary N) is 1. The van der Waals surface area contributed by atoms with Gasteiger partial charge in [0.15, 0.2) is 11.6 Å². The monoisotopic (exact) mass is 483 g/mol. The van der Waals surface area contributed by atoms with Crippen LogP contribution in [0.2, 0.25) is 0 Å². The van der Waals surface area contributed by atoms with Gasteiger partial charge in [-0.25, -0.2) is 18.4 Å². The van der Waals surface area contributed by atoms with E-state index in [2.05, 4.69) is 5.32 Å². The van der Waals surface area contributed by atoms with E-state index < -0.39 is 40.9 Å². The highest BCUT2D eigenvalue weighted by molar-refractivity contribution is 14.1. The minimum Gasteiger partial charge on any atom is -0.458 e. The molecule has 1 atom stereocenters. The van der Waals surface area contributed by atoms with E-state index in [-0.39, 0.29) is 6.42 Å². The number of halogens is 3. The number of amides is 1. The quantitative estimate of drug-likeness (QED) is 0.393. The second-order valence-corrected chi connectivity index (χ2v) is 8.96. The first-order chi connectivity index (χ1) is 11.7. The fourth-order valence-electron chi connectivity index (χ4n) is 1.96. The lowest BCUT2D eigenvalue weighted by Crippen LogP contribution is -2.47. The molecule has 0 bridgehead atoms. The zero-order valence-electron chi connectivity index (χ0n) is 15.7. The van der Waals surface area contributed by atoms with Gasteiger partial charge in [-0.2, -0.15) is 0 Å². The molecule has 1 aromatic carbocycles. The third kappa shape index (κ3) is 7.84. The number of carbonyl (C=O) groups is 2. The van der Waals surface area contributed by atoms with Crippen molar-refractivity contribution in [2.24, 2.45) is 0 Å². The summed E-state index contributed by atoms with van der Waals surface area (Å²) in [6.45, 7) is 10.1. The van der Waals surface area contributed by atoms with Crippen LogP contribution in [-0.2, 0) is 20.7 Å². The Kier molecular flexibility index (Phi) is 7.38. The highest BCUT2D eigenvalue weighted by Gasteiger charge is 2.29. The average molecular weight is 483 g/mol. The van der Waals surface area contributed by atoms with Gasteiger partial charge in [0.05, 0.1) is 0 Å². The van der Waals surface area contributed by atoms with Crippen LogP contribution in [0.1, 0.15) is 47.1 Å². The van der Waals surface area contributed by atoms with Gasteiger partial charge >= 0.3 is 12.1 Å². The van der Waals surface area contributed by atoms with Crippen LogP contribution in [0.15, 0.2) is 12.1 Å². The first-order valence-corrected chi connectivity index (χ1v) is 9.11. The summed E-state index contributed by atoms with van der Waals surface area (Å²) in [6, 6.07) is 0.929. The van der Waals surface area contributed by atoms with E-state index in [1.54, 1.807) is 41.5 Å². The lowest BCUT2D eigenvalue weighted by molar-refractivity contribution is -0.157. The Labute approximate surface area is 166 Å². The molecule has 0 saturated heterocycles. The number of carbonyl (C=O) groups excluding carboxylic acids is 2. The fraction of sp³-hybridized carbons (Fsp3) is 0.556. The molecule has 0 saturated carbocycles. The summed E-state index contributed by atoms with van der Waals surface area (Å²) >= 11 is 1.84. The normalized spacial score (nSPS) is 13.1. The first kappa shape index (κ1) is 22.6. The van der Waals surface area contributed by atoms with E-state index >= 15 is 0 Å². The number of esters is 1. The van der Waals surface area contributed by atoms with Crippen molar-refractivity contribution in [2.45, 2.75) is 65.2 Å². The highest BCUT2D eigenvalue weighted by Crippen LogP contribution is 2.20. The van der Waals surface area contributed by atoms with Crippen LogP contribution >= 0.6 is 22.6 Å². The topological polar surface area (TPSA) is 64.6 Å². The van der Waals surface area contributed by atoms with E-state index in [1.807, 2.05) is 22.6 Å². The number of rotatable bonds is 4. The molecule has 1 amide bonds. The lowest BCUT2D eigenvalue weighted by Gasteiger charge is -2.26. The van der Waals surface area contributed by atoms with Crippen molar-refractivity contribution >= 4 is 34.7 Å². The van der Waals surface area contributed by atoms with Crippen LogP contribution in [0.5, 0.6) is 0 Å². The maximum atomic E-state index is 13.6. The van der Waals surface area contributed by atoms with Gasteiger partial charge in [-0.15, -0.1) is 0 Å².